The summed E-state index contributed by atoms with van der Waals surface area (Å²) in [4.78, 5) is 23.2. The minimum Gasteiger partial charge on any atom is -0.478 e. The minimum atomic E-state index is -0.987. The molecule has 2 N–H and O–H groups in total. The highest BCUT2D eigenvalue weighted by molar-refractivity contribution is 7.99. The fraction of sp³-hybridized carbons (Fsp3) is 0.429. The smallest absolute Gasteiger partial charge is 0.328 e. The molecular formula is C14H17NO3S2. The van der Waals surface area contributed by atoms with E-state index in [-0.39, 0.29) is 5.91 Å². The van der Waals surface area contributed by atoms with E-state index in [0.717, 1.165) is 11.0 Å². The highest BCUT2D eigenvalue weighted by atomic mass is 32.2. The summed E-state index contributed by atoms with van der Waals surface area (Å²) in [5, 5.41) is 13.8. The summed E-state index contributed by atoms with van der Waals surface area (Å²) in [5.74, 6) is 0.115. The minimum absolute atomic E-state index is 0.0811. The van der Waals surface area contributed by atoms with Crippen molar-refractivity contribution in [1.29, 1.82) is 0 Å². The van der Waals surface area contributed by atoms with Crippen molar-refractivity contribution in [2.45, 2.75) is 24.5 Å². The number of thiophene rings is 1. The number of nitrogens with one attached hydrogen (secondary N) is 1. The summed E-state index contributed by atoms with van der Waals surface area (Å²) < 4.78 is 0. The molecule has 1 fully saturated rings. The van der Waals surface area contributed by atoms with Crippen LogP contribution in [-0.2, 0) is 4.79 Å². The van der Waals surface area contributed by atoms with Gasteiger partial charge in [-0.25, -0.2) is 4.79 Å². The van der Waals surface area contributed by atoms with Gasteiger partial charge in [0, 0.05) is 28.1 Å². The van der Waals surface area contributed by atoms with Crippen LogP contribution in [0.25, 0.3) is 6.08 Å². The van der Waals surface area contributed by atoms with Crippen LogP contribution in [0, 0.1) is 0 Å². The number of hydrogen-bond donors (Lipinski definition) is 2. The van der Waals surface area contributed by atoms with Crippen LogP contribution in [-0.4, -0.2) is 34.5 Å². The predicted molar refractivity (Wildman–Crippen MR) is 83.4 cm³/mol. The average Bonchev–Trinajstić information content (AvgIpc) is 2.92. The lowest BCUT2D eigenvalue weighted by atomic mass is 10.2. The van der Waals surface area contributed by atoms with Gasteiger partial charge in [-0.1, -0.05) is 6.42 Å². The second kappa shape index (κ2) is 7.50. The summed E-state index contributed by atoms with van der Waals surface area (Å²) in [6.45, 7) is 0.708. The number of rotatable bonds is 5. The molecule has 2 rings (SSSR count). The van der Waals surface area contributed by atoms with Gasteiger partial charge in [-0.2, -0.15) is 11.8 Å². The fourth-order valence-electron chi connectivity index (χ4n) is 1.99. The van der Waals surface area contributed by atoms with Gasteiger partial charge in [-0.3, -0.25) is 4.79 Å². The van der Waals surface area contributed by atoms with Gasteiger partial charge in [-0.15, -0.1) is 11.3 Å². The Kier molecular flexibility index (Phi) is 5.67. The van der Waals surface area contributed by atoms with Gasteiger partial charge in [0.2, 0.25) is 0 Å². The molecule has 4 nitrogen and oxygen atoms in total. The summed E-state index contributed by atoms with van der Waals surface area (Å²) in [7, 11) is 0. The standard InChI is InChI=1S/C14H17NO3S2/c16-13(17)5-4-11-7-10(9-20-11)14(18)15-8-12-3-1-2-6-19-12/h4-5,7,9,12H,1-3,6,8H2,(H,15,18)(H,16,17)/b5-4+. The number of carboxylic acids is 1. The lowest BCUT2D eigenvalue weighted by Gasteiger charge is -2.21. The molecule has 0 bridgehead atoms. The second-order valence-electron chi connectivity index (χ2n) is 4.61. The van der Waals surface area contributed by atoms with E-state index in [4.69, 9.17) is 5.11 Å². The van der Waals surface area contributed by atoms with Crippen molar-refractivity contribution in [3.63, 3.8) is 0 Å². The lowest BCUT2D eigenvalue weighted by Crippen LogP contribution is -2.31. The van der Waals surface area contributed by atoms with Gasteiger partial charge >= 0.3 is 5.97 Å². The lowest BCUT2D eigenvalue weighted by molar-refractivity contribution is -0.131. The molecule has 0 aromatic carbocycles. The molecule has 1 saturated heterocycles. The fourth-order valence-corrected chi connectivity index (χ4v) is 4.01. The molecule has 0 saturated carbocycles. The van der Waals surface area contributed by atoms with Gasteiger partial charge in [0.15, 0.2) is 0 Å². The number of amides is 1. The van der Waals surface area contributed by atoms with Crippen molar-refractivity contribution in [1.82, 2.24) is 5.32 Å². The van der Waals surface area contributed by atoms with Crippen LogP contribution in [0.4, 0.5) is 0 Å². The third-order valence-electron chi connectivity index (χ3n) is 3.04. The zero-order valence-corrected chi connectivity index (χ0v) is 12.6. The maximum atomic E-state index is 12.0. The quantitative estimate of drug-likeness (QED) is 0.821. The summed E-state index contributed by atoms with van der Waals surface area (Å²) in [5.41, 5.74) is 0.598. The normalized spacial score (nSPS) is 19.1. The first-order valence-electron chi connectivity index (χ1n) is 6.54. The Labute approximate surface area is 126 Å². The van der Waals surface area contributed by atoms with Crippen LogP contribution >= 0.6 is 23.1 Å². The molecule has 1 aliphatic rings. The number of hydrogen-bond acceptors (Lipinski definition) is 4. The van der Waals surface area contributed by atoms with Crippen LogP contribution in [0.2, 0.25) is 0 Å². The third kappa shape index (κ3) is 4.68. The van der Waals surface area contributed by atoms with Gasteiger partial charge < -0.3 is 10.4 Å². The topological polar surface area (TPSA) is 66.4 Å². The molecule has 0 radical (unpaired) electrons. The van der Waals surface area contributed by atoms with Crippen molar-refractivity contribution >= 4 is 41.1 Å². The Balaban J connectivity index is 1.84. The number of carboxylic acid groups (broad SMARTS) is 1. The Morgan fingerprint density at radius 3 is 3.00 bits per heavy atom. The molecule has 1 aromatic heterocycles. The number of aliphatic carboxylic acids is 1. The van der Waals surface area contributed by atoms with E-state index < -0.39 is 5.97 Å². The Morgan fingerprint density at radius 2 is 2.30 bits per heavy atom. The van der Waals surface area contributed by atoms with Crippen molar-refractivity contribution in [3.8, 4) is 0 Å². The van der Waals surface area contributed by atoms with Crippen LogP contribution < -0.4 is 5.32 Å². The Hall–Kier alpha value is -1.27. The van der Waals surface area contributed by atoms with Crippen molar-refractivity contribution in [2.24, 2.45) is 0 Å². The average molecular weight is 311 g/mol. The van der Waals surface area contributed by atoms with E-state index in [2.05, 4.69) is 5.32 Å². The zero-order chi connectivity index (χ0) is 14.4. The Morgan fingerprint density at radius 1 is 1.45 bits per heavy atom. The first-order chi connectivity index (χ1) is 9.65. The Bertz CT molecular complexity index is 504. The van der Waals surface area contributed by atoms with Gasteiger partial charge in [0.25, 0.3) is 5.91 Å². The van der Waals surface area contributed by atoms with Crippen molar-refractivity contribution < 1.29 is 14.7 Å². The van der Waals surface area contributed by atoms with Gasteiger partial charge in [-0.05, 0) is 30.7 Å². The maximum Gasteiger partial charge on any atom is 0.328 e. The molecule has 1 aromatic rings. The number of carbonyl (C=O) groups excluding carboxylic acids is 1. The SMILES string of the molecule is O=C(O)/C=C/c1cc(C(=O)NCC2CCCCS2)cs1. The molecule has 108 valence electrons. The molecule has 6 heteroatoms. The largest absolute Gasteiger partial charge is 0.478 e. The van der Waals surface area contributed by atoms with E-state index in [1.165, 1.54) is 42.4 Å². The van der Waals surface area contributed by atoms with Crippen LogP contribution in [0.1, 0.15) is 34.5 Å². The highest BCUT2D eigenvalue weighted by Gasteiger charge is 2.15. The zero-order valence-electron chi connectivity index (χ0n) is 11.0. The van der Waals surface area contributed by atoms with E-state index in [1.54, 1.807) is 11.4 Å². The van der Waals surface area contributed by atoms with Gasteiger partial charge in [0.05, 0.1) is 5.56 Å². The molecule has 1 aliphatic heterocycles. The van der Waals surface area contributed by atoms with Crippen molar-refractivity contribution in [2.75, 3.05) is 12.3 Å². The van der Waals surface area contributed by atoms with Crippen LogP contribution in [0.5, 0.6) is 0 Å². The van der Waals surface area contributed by atoms with E-state index >= 15 is 0 Å². The molecule has 20 heavy (non-hydrogen) atoms. The molecule has 1 unspecified atom stereocenters. The molecule has 0 aliphatic carbocycles. The van der Waals surface area contributed by atoms with Crippen LogP contribution in [0.15, 0.2) is 17.5 Å². The molecule has 1 atom stereocenters. The predicted octanol–water partition coefficient (Wildman–Crippen LogP) is 2.86. The van der Waals surface area contributed by atoms with E-state index in [1.807, 2.05) is 11.8 Å². The number of carbonyl (C=O) groups is 2. The van der Waals surface area contributed by atoms with Crippen molar-refractivity contribution in [3.05, 3.63) is 28.0 Å². The molecule has 1 amide bonds. The number of thioether (sulfide) groups is 1. The molecule has 0 spiro atoms. The van der Waals surface area contributed by atoms with Gasteiger partial charge in [0.1, 0.15) is 0 Å². The van der Waals surface area contributed by atoms with E-state index in [0.29, 0.717) is 17.4 Å². The summed E-state index contributed by atoms with van der Waals surface area (Å²) in [6, 6.07) is 1.72. The molecular weight excluding hydrogens is 294 g/mol. The molecule has 2 heterocycles. The first-order valence-corrected chi connectivity index (χ1v) is 8.47. The maximum absolute atomic E-state index is 12.0. The monoisotopic (exact) mass is 311 g/mol. The third-order valence-corrected chi connectivity index (χ3v) is 5.33. The summed E-state index contributed by atoms with van der Waals surface area (Å²) >= 11 is 3.29. The van der Waals surface area contributed by atoms with E-state index in [9.17, 15) is 9.59 Å². The van der Waals surface area contributed by atoms with Crippen LogP contribution in [0.3, 0.4) is 0 Å². The first kappa shape index (κ1) is 15.1. The summed E-state index contributed by atoms with van der Waals surface area (Å²) in [6.07, 6.45) is 6.27. The second-order valence-corrected chi connectivity index (χ2v) is 6.96. The highest BCUT2D eigenvalue weighted by Crippen LogP contribution is 2.24.